The van der Waals surface area contributed by atoms with E-state index in [-0.39, 0.29) is 0 Å². The van der Waals surface area contributed by atoms with Crippen LogP contribution in [0.4, 0.5) is 0 Å². The van der Waals surface area contributed by atoms with Gasteiger partial charge in [-0.05, 0) is 44.1 Å². The predicted octanol–water partition coefficient (Wildman–Crippen LogP) is 3.27. The van der Waals surface area contributed by atoms with Crippen LogP contribution in [-0.4, -0.2) is 42.9 Å². The standard InChI is InChI=1S/C17H31NO2S/c1-12(2)15-11-21(19,20)17(16(15)13(3)4)7-9-18(10-8-17)14(5)6/h12-14H,7-11H2,1-6H3. The first-order valence-corrected chi connectivity index (χ1v) is 9.97. The van der Waals surface area contributed by atoms with Crippen molar-refractivity contribution in [3.63, 3.8) is 0 Å². The molecule has 0 aromatic heterocycles. The van der Waals surface area contributed by atoms with E-state index in [1.807, 2.05) is 0 Å². The summed E-state index contributed by atoms with van der Waals surface area (Å²) in [7, 11) is -3.05. The zero-order chi connectivity index (χ0) is 16.0. The van der Waals surface area contributed by atoms with Gasteiger partial charge >= 0.3 is 0 Å². The largest absolute Gasteiger partial charge is 0.301 e. The van der Waals surface area contributed by atoms with Gasteiger partial charge in [-0.1, -0.05) is 33.3 Å². The second-order valence-corrected chi connectivity index (χ2v) is 9.93. The van der Waals surface area contributed by atoms with Crippen LogP contribution in [0.3, 0.4) is 0 Å². The molecule has 0 N–H and O–H groups in total. The Morgan fingerprint density at radius 1 is 0.952 bits per heavy atom. The lowest BCUT2D eigenvalue weighted by Crippen LogP contribution is -2.51. The molecule has 0 atom stereocenters. The van der Waals surface area contributed by atoms with Crippen LogP contribution in [0.1, 0.15) is 54.4 Å². The molecule has 0 bridgehead atoms. The summed E-state index contributed by atoms with van der Waals surface area (Å²) < 4.78 is 25.4. The highest BCUT2D eigenvalue weighted by Gasteiger charge is 2.54. The molecule has 0 radical (unpaired) electrons. The summed E-state index contributed by atoms with van der Waals surface area (Å²) in [5.41, 5.74) is 2.45. The molecule has 1 saturated heterocycles. The number of hydrogen-bond donors (Lipinski definition) is 0. The highest BCUT2D eigenvalue weighted by atomic mass is 32.2. The van der Waals surface area contributed by atoms with E-state index in [4.69, 9.17) is 0 Å². The van der Waals surface area contributed by atoms with Gasteiger partial charge in [0.1, 0.15) is 0 Å². The quantitative estimate of drug-likeness (QED) is 0.751. The van der Waals surface area contributed by atoms with Crippen LogP contribution in [0.5, 0.6) is 0 Å². The molecular formula is C17H31NO2S. The van der Waals surface area contributed by atoms with Gasteiger partial charge in [-0.15, -0.1) is 0 Å². The van der Waals surface area contributed by atoms with E-state index >= 15 is 0 Å². The molecule has 2 aliphatic heterocycles. The molecule has 0 unspecified atom stereocenters. The first-order valence-electron chi connectivity index (χ1n) is 8.32. The van der Waals surface area contributed by atoms with Crippen LogP contribution in [0.15, 0.2) is 11.1 Å². The van der Waals surface area contributed by atoms with Gasteiger partial charge < -0.3 is 4.90 Å². The molecule has 4 heteroatoms. The fourth-order valence-corrected chi connectivity index (χ4v) is 6.92. The third-order valence-electron chi connectivity index (χ3n) is 5.39. The minimum Gasteiger partial charge on any atom is -0.301 e. The van der Waals surface area contributed by atoms with Crippen LogP contribution in [0, 0.1) is 11.8 Å². The molecule has 1 spiro atoms. The summed E-state index contributed by atoms with van der Waals surface area (Å²) in [5.74, 6) is 0.949. The number of rotatable bonds is 3. The van der Waals surface area contributed by atoms with Crippen LogP contribution >= 0.6 is 0 Å². The Balaban J connectivity index is 2.44. The summed E-state index contributed by atoms with van der Waals surface area (Å²) in [6.07, 6.45) is 1.55. The molecule has 0 saturated carbocycles. The van der Waals surface area contributed by atoms with E-state index in [0.29, 0.717) is 23.6 Å². The lowest BCUT2D eigenvalue weighted by Gasteiger charge is -2.43. The van der Waals surface area contributed by atoms with Crippen LogP contribution < -0.4 is 0 Å². The normalized spacial score (nSPS) is 25.8. The molecule has 1 fully saturated rings. The maximum atomic E-state index is 13.0. The maximum absolute atomic E-state index is 13.0. The predicted molar refractivity (Wildman–Crippen MR) is 89.2 cm³/mol. The van der Waals surface area contributed by atoms with Crippen molar-refractivity contribution in [3.05, 3.63) is 11.1 Å². The molecule has 3 nitrogen and oxygen atoms in total. The smallest absolute Gasteiger partial charge is 0.163 e. The number of sulfone groups is 1. The number of hydrogen-bond acceptors (Lipinski definition) is 3. The van der Waals surface area contributed by atoms with Gasteiger partial charge in [0.2, 0.25) is 0 Å². The second-order valence-electron chi connectivity index (χ2n) is 7.63. The maximum Gasteiger partial charge on any atom is 0.163 e. The van der Waals surface area contributed by atoms with Crippen molar-refractivity contribution >= 4 is 9.84 Å². The molecule has 2 rings (SSSR count). The fourth-order valence-electron chi connectivity index (χ4n) is 4.24. The minimum absolute atomic E-state index is 0.292. The van der Waals surface area contributed by atoms with E-state index < -0.39 is 14.6 Å². The SMILES string of the molecule is CC(C)C1=C(C(C)C)C2(CCN(C(C)C)CC2)S(=O)(=O)C1. The van der Waals surface area contributed by atoms with Crippen molar-refractivity contribution in [1.29, 1.82) is 0 Å². The average molecular weight is 314 g/mol. The van der Waals surface area contributed by atoms with Crippen LogP contribution in [0.2, 0.25) is 0 Å². The van der Waals surface area contributed by atoms with Crippen LogP contribution in [-0.2, 0) is 9.84 Å². The lowest BCUT2D eigenvalue weighted by molar-refractivity contribution is 0.166. The Morgan fingerprint density at radius 3 is 1.86 bits per heavy atom. The minimum atomic E-state index is -3.05. The van der Waals surface area contributed by atoms with Crippen molar-refractivity contribution in [2.24, 2.45) is 11.8 Å². The Kier molecular flexibility index (Phi) is 4.61. The molecule has 0 aromatic rings. The van der Waals surface area contributed by atoms with Crippen molar-refractivity contribution in [2.45, 2.75) is 65.2 Å². The van der Waals surface area contributed by atoms with Gasteiger partial charge in [0, 0.05) is 19.1 Å². The summed E-state index contributed by atoms with van der Waals surface area (Å²) in [4.78, 5) is 2.41. The molecule has 122 valence electrons. The molecule has 0 amide bonds. The van der Waals surface area contributed by atoms with E-state index in [1.165, 1.54) is 11.1 Å². The number of nitrogens with zero attached hydrogens (tertiary/aromatic N) is 1. The summed E-state index contributed by atoms with van der Waals surface area (Å²) in [5, 5.41) is 0. The van der Waals surface area contributed by atoms with Gasteiger partial charge in [0.25, 0.3) is 0 Å². The van der Waals surface area contributed by atoms with E-state index in [2.05, 4.69) is 46.4 Å². The van der Waals surface area contributed by atoms with Gasteiger partial charge in [0.15, 0.2) is 9.84 Å². The van der Waals surface area contributed by atoms with Gasteiger partial charge in [0.05, 0.1) is 10.5 Å². The third-order valence-corrected chi connectivity index (χ3v) is 7.90. The van der Waals surface area contributed by atoms with Crippen molar-refractivity contribution in [2.75, 3.05) is 18.8 Å². The summed E-state index contributed by atoms with van der Waals surface area (Å²) >= 11 is 0. The van der Waals surface area contributed by atoms with E-state index in [1.54, 1.807) is 0 Å². The monoisotopic (exact) mass is 313 g/mol. The summed E-state index contributed by atoms with van der Waals surface area (Å²) in [6.45, 7) is 14.8. The lowest BCUT2D eigenvalue weighted by atomic mass is 9.78. The van der Waals surface area contributed by atoms with Crippen molar-refractivity contribution in [3.8, 4) is 0 Å². The summed E-state index contributed by atoms with van der Waals surface area (Å²) in [6, 6.07) is 0.502. The molecule has 0 aliphatic carbocycles. The molecule has 2 heterocycles. The Bertz CT molecular complexity index is 521. The van der Waals surface area contributed by atoms with Crippen LogP contribution in [0.25, 0.3) is 0 Å². The first kappa shape index (κ1) is 17.0. The second kappa shape index (κ2) is 5.69. The van der Waals surface area contributed by atoms with Crippen molar-refractivity contribution in [1.82, 2.24) is 4.90 Å². The Morgan fingerprint density at radius 2 is 1.48 bits per heavy atom. The first-order chi connectivity index (χ1) is 9.62. The zero-order valence-corrected chi connectivity index (χ0v) is 15.3. The molecule has 0 aromatic carbocycles. The van der Waals surface area contributed by atoms with Gasteiger partial charge in [-0.2, -0.15) is 0 Å². The van der Waals surface area contributed by atoms with E-state index in [9.17, 15) is 8.42 Å². The highest BCUT2D eigenvalue weighted by Crippen LogP contribution is 2.49. The third kappa shape index (κ3) is 2.70. The Labute approximate surface area is 130 Å². The highest BCUT2D eigenvalue weighted by molar-refractivity contribution is 7.93. The van der Waals surface area contributed by atoms with Crippen molar-refractivity contribution < 1.29 is 8.42 Å². The average Bonchev–Trinajstić information content (AvgIpc) is 2.59. The molecule has 21 heavy (non-hydrogen) atoms. The number of likely N-dealkylation sites (tertiary alicyclic amines) is 1. The topological polar surface area (TPSA) is 37.4 Å². The van der Waals surface area contributed by atoms with Gasteiger partial charge in [-0.3, -0.25) is 0 Å². The zero-order valence-electron chi connectivity index (χ0n) is 14.4. The molecular weight excluding hydrogens is 282 g/mol. The molecule has 2 aliphatic rings. The van der Waals surface area contributed by atoms with E-state index in [0.717, 1.165) is 25.9 Å². The Hall–Kier alpha value is -0.350. The van der Waals surface area contributed by atoms with Gasteiger partial charge in [-0.25, -0.2) is 8.42 Å². The number of piperidine rings is 1. The fraction of sp³-hybridized carbons (Fsp3) is 0.882.